The highest BCUT2D eigenvalue weighted by molar-refractivity contribution is 5.82. The number of nitrogens with zero attached hydrogens (tertiary/aromatic N) is 1. The second-order valence-electron chi connectivity index (χ2n) is 5.91. The Morgan fingerprint density at radius 1 is 1.15 bits per heavy atom. The van der Waals surface area contributed by atoms with Crippen LogP contribution < -0.4 is 5.32 Å². The van der Waals surface area contributed by atoms with Crippen LogP contribution in [0.15, 0.2) is 36.5 Å². The summed E-state index contributed by atoms with van der Waals surface area (Å²) in [5.41, 5.74) is 1.16. The smallest absolute Gasteiger partial charge is 0.0935 e. The molecule has 1 aromatic carbocycles. The lowest BCUT2D eigenvalue weighted by atomic mass is 9.77. The van der Waals surface area contributed by atoms with Gasteiger partial charge in [0.05, 0.1) is 24.3 Å². The SMILES string of the molecule is OC1(c2ccnc3ccccc23)CC2COCC(C1)N2. The number of aliphatic hydroxyl groups is 1. The standard InChI is InChI=1S/C16H18N2O2/c19-16(7-11-9-20-10-12(8-16)18-11)14-5-6-17-15-4-2-1-3-13(14)15/h1-6,11-12,18-19H,7-10H2. The molecule has 0 radical (unpaired) electrons. The molecule has 104 valence electrons. The van der Waals surface area contributed by atoms with Crippen molar-refractivity contribution >= 4 is 10.9 Å². The number of para-hydroxylation sites is 1. The fourth-order valence-corrected chi connectivity index (χ4v) is 3.64. The number of aromatic nitrogens is 1. The number of piperidine rings is 1. The predicted octanol–water partition coefficient (Wildman–Crippen LogP) is 1.57. The van der Waals surface area contributed by atoms with Gasteiger partial charge in [-0.15, -0.1) is 0 Å². The van der Waals surface area contributed by atoms with E-state index in [0.717, 1.165) is 16.5 Å². The molecular formula is C16H18N2O2. The van der Waals surface area contributed by atoms with Gasteiger partial charge in [0.1, 0.15) is 0 Å². The fourth-order valence-electron chi connectivity index (χ4n) is 3.64. The maximum absolute atomic E-state index is 11.2. The summed E-state index contributed by atoms with van der Waals surface area (Å²) in [5.74, 6) is 0. The maximum Gasteiger partial charge on any atom is 0.0935 e. The van der Waals surface area contributed by atoms with Gasteiger partial charge in [0, 0.05) is 23.7 Å². The topological polar surface area (TPSA) is 54.4 Å². The second kappa shape index (κ2) is 4.52. The van der Waals surface area contributed by atoms with Crippen LogP contribution in [0.3, 0.4) is 0 Å². The molecule has 0 amide bonds. The van der Waals surface area contributed by atoms with Gasteiger partial charge in [0.25, 0.3) is 0 Å². The predicted molar refractivity (Wildman–Crippen MR) is 76.4 cm³/mol. The van der Waals surface area contributed by atoms with E-state index < -0.39 is 5.60 Å². The zero-order chi connectivity index (χ0) is 13.6. The average Bonchev–Trinajstić information content (AvgIpc) is 2.46. The first-order chi connectivity index (χ1) is 9.74. The van der Waals surface area contributed by atoms with Crippen molar-refractivity contribution in [2.45, 2.75) is 30.5 Å². The van der Waals surface area contributed by atoms with E-state index >= 15 is 0 Å². The van der Waals surface area contributed by atoms with Crippen molar-refractivity contribution in [2.24, 2.45) is 0 Å². The van der Waals surface area contributed by atoms with Crippen LogP contribution in [0.1, 0.15) is 18.4 Å². The average molecular weight is 270 g/mol. The largest absolute Gasteiger partial charge is 0.385 e. The Balaban J connectivity index is 1.81. The Bertz CT molecular complexity index is 626. The van der Waals surface area contributed by atoms with Crippen molar-refractivity contribution in [2.75, 3.05) is 13.2 Å². The Kier molecular flexibility index (Phi) is 2.77. The van der Waals surface area contributed by atoms with Crippen LogP contribution in [-0.2, 0) is 10.3 Å². The molecule has 3 heterocycles. The number of pyridine rings is 1. The molecule has 2 bridgehead atoms. The van der Waals surface area contributed by atoms with Crippen molar-refractivity contribution < 1.29 is 9.84 Å². The third-order valence-electron chi connectivity index (χ3n) is 4.43. The Morgan fingerprint density at radius 3 is 2.70 bits per heavy atom. The van der Waals surface area contributed by atoms with Crippen molar-refractivity contribution in [3.8, 4) is 0 Å². The van der Waals surface area contributed by atoms with Crippen LogP contribution in [0.2, 0.25) is 0 Å². The van der Waals surface area contributed by atoms with Crippen LogP contribution in [0.5, 0.6) is 0 Å². The number of hydrogen-bond donors (Lipinski definition) is 2. The minimum absolute atomic E-state index is 0.236. The summed E-state index contributed by atoms with van der Waals surface area (Å²) in [4.78, 5) is 4.39. The molecule has 2 atom stereocenters. The van der Waals surface area contributed by atoms with E-state index in [2.05, 4.69) is 10.3 Å². The summed E-state index contributed by atoms with van der Waals surface area (Å²) in [7, 11) is 0. The number of benzene rings is 1. The molecule has 2 aliphatic rings. The summed E-state index contributed by atoms with van der Waals surface area (Å²) >= 11 is 0. The number of nitrogens with one attached hydrogen (secondary N) is 1. The first-order valence-corrected chi connectivity index (χ1v) is 7.15. The zero-order valence-electron chi connectivity index (χ0n) is 11.2. The fraction of sp³-hybridized carbons (Fsp3) is 0.438. The molecule has 2 N–H and O–H groups in total. The number of rotatable bonds is 1. The minimum Gasteiger partial charge on any atom is -0.385 e. The summed E-state index contributed by atoms with van der Waals surface area (Å²) in [6.07, 6.45) is 3.18. The summed E-state index contributed by atoms with van der Waals surface area (Å²) in [5, 5.41) is 15.8. The normalized spacial score (nSPS) is 33.2. The third-order valence-corrected chi connectivity index (χ3v) is 4.43. The van der Waals surface area contributed by atoms with E-state index in [9.17, 15) is 5.11 Å². The quantitative estimate of drug-likeness (QED) is 0.826. The van der Waals surface area contributed by atoms with Crippen molar-refractivity contribution in [1.82, 2.24) is 10.3 Å². The Hall–Kier alpha value is -1.49. The number of hydrogen-bond acceptors (Lipinski definition) is 4. The summed E-state index contributed by atoms with van der Waals surface area (Å²) in [6, 6.07) is 10.5. The molecule has 2 saturated heterocycles. The van der Waals surface area contributed by atoms with E-state index in [0.29, 0.717) is 26.1 Å². The summed E-state index contributed by atoms with van der Waals surface area (Å²) in [6.45, 7) is 1.36. The van der Waals surface area contributed by atoms with E-state index in [-0.39, 0.29) is 12.1 Å². The van der Waals surface area contributed by atoms with E-state index in [4.69, 9.17) is 4.74 Å². The minimum atomic E-state index is -0.785. The van der Waals surface area contributed by atoms with Gasteiger partial charge >= 0.3 is 0 Å². The lowest BCUT2D eigenvalue weighted by Crippen LogP contribution is -2.58. The van der Waals surface area contributed by atoms with E-state index in [1.807, 2.05) is 30.3 Å². The van der Waals surface area contributed by atoms with Crippen molar-refractivity contribution in [1.29, 1.82) is 0 Å². The van der Waals surface area contributed by atoms with E-state index in [1.54, 1.807) is 6.20 Å². The number of morpholine rings is 1. The molecule has 2 unspecified atom stereocenters. The first-order valence-electron chi connectivity index (χ1n) is 7.15. The van der Waals surface area contributed by atoms with Crippen LogP contribution in [-0.4, -0.2) is 35.4 Å². The van der Waals surface area contributed by atoms with E-state index in [1.165, 1.54) is 0 Å². The lowest BCUT2D eigenvalue weighted by molar-refractivity contribution is -0.0794. The highest BCUT2D eigenvalue weighted by atomic mass is 16.5. The van der Waals surface area contributed by atoms with Gasteiger partial charge in [-0.05, 0) is 30.5 Å². The Morgan fingerprint density at radius 2 is 1.90 bits per heavy atom. The Labute approximate surface area is 117 Å². The van der Waals surface area contributed by atoms with Crippen LogP contribution in [0.4, 0.5) is 0 Å². The van der Waals surface area contributed by atoms with Crippen LogP contribution in [0.25, 0.3) is 10.9 Å². The maximum atomic E-state index is 11.2. The molecule has 0 spiro atoms. The van der Waals surface area contributed by atoms with Crippen LogP contribution in [0, 0.1) is 0 Å². The summed E-state index contributed by atoms with van der Waals surface area (Å²) < 4.78 is 5.57. The van der Waals surface area contributed by atoms with Gasteiger partial charge in [-0.2, -0.15) is 0 Å². The first kappa shape index (κ1) is 12.3. The molecule has 20 heavy (non-hydrogen) atoms. The van der Waals surface area contributed by atoms with Gasteiger partial charge < -0.3 is 15.2 Å². The van der Waals surface area contributed by atoms with Gasteiger partial charge in [0.2, 0.25) is 0 Å². The number of fused-ring (bicyclic) bond motifs is 3. The van der Waals surface area contributed by atoms with Gasteiger partial charge in [-0.25, -0.2) is 0 Å². The molecule has 2 aromatic rings. The van der Waals surface area contributed by atoms with Gasteiger partial charge in [-0.3, -0.25) is 4.98 Å². The molecular weight excluding hydrogens is 252 g/mol. The highest BCUT2D eigenvalue weighted by Gasteiger charge is 2.43. The molecule has 0 saturated carbocycles. The number of ether oxygens (including phenoxy) is 1. The molecule has 2 aliphatic heterocycles. The molecule has 1 aromatic heterocycles. The molecule has 4 nitrogen and oxygen atoms in total. The van der Waals surface area contributed by atoms with Crippen molar-refractivity contribution in [3.05, 3.63) is 42.1 Å². The van der Waals surface area contributed by atoms with Crippen LogP contribution >= 0.6 is 0 Å². The molecule has 4 rings (SSSR count). The van der Waals surface area contributed by atoms with Gasteiger partial charge in [0.15, 0.2) is 0 Å². The van der Waals surface area contributed by atoms with Crippen molar-refractivity contribution in [3.63, 3.8) is 0 Å². The lowest BCUT2D eigenvalue weighted by Gasteiger charge is -2.45. The zero-order valence-corrected chi connectivity index (χ0v) is 11.2. The molecule has 2 fully saturated rings. The monoisotopic (exact) mass is 270 g/mol. The molecule has 4 heteroatoms. The second-order valence-corrected chi connectivity index (χ2v) is 5.91. The van der Waals surface area contributed by atoms with Gasteiger partial charge in [-0.1, -0.05) is 18.2 Å². The third kappa shape index (κ3) is 1.92. The molecule has 0 aliphatic carbocycles. The highest BCUT2D eigenvalue weighted by Crippen LogP contribution is 2.39.